The Morgan fingerprint density at radius 3 is 2.80 bits per heavy atom. The Kier molecular flexibility index (Phi) is 2.58. The zero-order valence-electron chi connectivity index (χ0n) is 8.01. The number of hydrazine groups is 1. The van der Waals surface area contributed by atoms with Crippen LogP contribution in [0.2, 0.25) is 0 Å². The van der Waals surface area contributed by atoms with Crippen LogP contribution in [-0.4, -0.2) is 4.98 Å². The molecule has 0 spiro atoms. The van der Waals surface area contributed by atoms with Crippen LogP contribution in [0.3, 0.4) is 0 Å². The summed E-state index contributed by atoms with van der Waals surface area (Å²) in [5.41, 5.74) is 4.07. The van der Waals surface area contributed by atoms with Gasteiger partial charge in [0, 0.05) is 9.86 Å². The van der Waals surface area contributed by atoms with E-state index in [4.69, 9.17) is 5.84 Å². The third-order valence-corrected chi connectivity index (χ3v) is 2.77. The summed E-state index contributed by atoms with van der Waals surface area (Å²) >= 11 is 3.26. The SMILES string of the molecule is Cc1cc2cc(F)cc(Br)c2nc1NN. The fraction of sp³-hybridized carbons (Fsp3) is 0.100. The lowest BCUT2D eigenvalue weighted by Crippen LogP contribution is -2.10. The van der Waals surface area contributed by atoms with E-state index in [2.05, 4.69) is 26.3 Å². The topological polar surface area (TPSA) is 50.9 Å². The first-order valence-corrected chi connectivity index (χ1v) is 5.14. The average Bonchev–Trinajstić information content (AvgIpc) is 2.16. The molecule has 0 bridgehead atoms. The molecule has 15 heavy (non-hydrogen) atoms. The highest BCUT2D eigenvalue weighted by Gasteiger charge is 2.06. The molecule has 0 radical (unpaired) electrons. The Labute approximate surface area is 94.6 Å². The minimum absolute atomic E-state index is 0.288. The van der Waals surface area contributed by atoms with Gasteiger partial charge in [-0.05, 0) is 46.6 Å². The van der Waals surface area contributed by atoms with Crippen LogP contribution in [0.25, 0.3) is 10.9 Å². The van der Waals surface area contributed by atoms with Crippen LogP contribution in [0.5, 0.6) is 0 Å². The van der Waals surface area contributed by atoms with Gasteiger partial charge in [0.05, 0.1) is 5.52 Å². The van der Waals surface area contributed by atoms with Gasteiger partial charge < -0.3 is 5.43 Å². The van der Waals surface area contributed by atoms with Crippen molar-refractivity contribution in [3.05, 3.63) is 34.1 Å². The van der Waals surface area contributed by atoms with Gasteiger partial charge in [0.15, 0.2) is 0 Å². The number of rotatable bonds is 1. The molecule has 1 aromatic carbocycles. The van der Waals surface area contributed by atoms with E-state index in [0.29, 0.717) is 15.8 Å². The second-order valence-corrected chi connectivity index (χ2v) is 4.11. The van der Waals surface area contributed by atoms with Crippen LogP contribution >= 0.6 is 15.9 Å². The van der Waals surface area contributed by atoms with Crippen LogP contribution in [0.15, 0.2) is 22.7 Å². The third-order valence-electron chi connectivity index (χ3n) is 2.16. The molecule has 0 unspecified atom stereocenters. The molecule has 0 aliphatic rings. The molecule has 0 fully saturated rings. The number of nitrogens with zero attached hydrogens (tertiary/aromatic N) is 1. The van der Waals surface area contributed by atoms with Crippen molar-refractivity contribution >= 4 is 32.7 Å². The Morgan fingerprint density at radius 2 is 2.13 bits per heavy atom. The van der Waals surface area contributed by atoms with Crippen molar-refractivity contribution in [3.63, 3.8) is 0 Å². The molecule has 3 nitrogen and oxygen atoms in total. The molecule has 3 N–H and O–H groups in total. The molecule has 0 aliphatic carbocycles. The van der Waals surface area contributed by atoms with E-state index >= 15 is 0 Å². The van der Waals surface area contributed by atoms with Crippen LogP contribution in [0.1, 0.15) is 5.56 Å². The van der Waals surface area contributed by atoms with Gasteiger partial charge in [0.25, 0.3) is 0 Å². The Hall–Kier alpha value is -1.20. The number of hydrogen-bond acceptors (Lipinski definition) is 3. The summed E-state index contributed by atoms with van der Waals surface area (Å²) in [6, 6.07) is 4.66. The molecular weight excluding hydrogens is 261 g/mol. The van der Waals surface area contributed by atoms with Crippen molar-refractivity contribution in [3.8, 4) is 0 Å². The fourth-order valence-electron chi connectivity index (χ4n) is 1.46. The Morgan fingerprint density at radius 1 is 1.40 bits per heavy atom. The summed E-state index contributed by atoms with van der Waals surface area (Å²) in [4.78, 5) is 4.28. The monoisotopic (exact) mass is 269 g/mol. The van der Waals surface area contributed by atoms with E-state index in [1.807, 2.05) is 13.0 Å². The smallest absolute Gasteiger partial charge is 0.143 e. The van der Waals surface area contributed by atoms with E-state index < -0.39 is 0 Å². The van der Waals surface area contributed by atoms with Crippen molar-refractivity contribution < 1.29 is 4.39 Å². The number of nitrogen functional groups attached to an aromatic ring is 1. The summed E-state index contributed by atoms with van der Waals surface area (Å²) in [6.07, 6.45) is 0. The predicted octanol–water partition coefficient (Wildman–Crippen LogP) is 2.73. The summed E-state index contributed by atoms with van der Waals surface area (Å²) in [5.74, 6) is 5.62. The summed E-state index contributed by atoms with van der Waals surface area (Å²) < 4.78 is 13.7. The van der Waals surface area contributed by atoms with Crippen LogP contribution in [0, 0.1) is 12.7 Å². The highest BCUT2D eigenvalue weighted by Crippen LogP contribution is 2.26. The lowest BCUT2D eigenvalue weighted by Gasteiger charge is -2.07. The highest BCUT2D eigenvalue weighted by molar-refractivity contribution is 9.10. The summed E-state index contributed by atoms with van der Waals surface area (Å²) in [7, 11) is 0. The van der Waals surface area contributed by atoms with Crippen LogP contribution < -0.4 is 11.3 Å². The van der Waals surface area contributed by atoms with E-state index in [1.165, 1.54) is 12.1 Å². The molecule has 78 valence electrons. The minimum atomic E-state index is -0.288. The van der Waals surface area contributed by atoms with Crippen molar-refractivity contribution in [2.24, 2.45) is 5.84 Å². The van der Waals surface area contributed by atoms with Crippen molar-refractivity contribution in [1.29, 1.82) is 0 Å². The molecule has 0 saturated heterocycles. The van der Waals surface area contributed by atoms with E-state index in [1.54, 1.807) is 0 Å². The number of fused-ring (bicyclic) bond motifs is 1. The molecule has 1 aromatic heterocycles. The van der Waals surface area contributed by atoms with Gasteiger partial charge in [0.2, 0.25) is 0 Å². The number of benzene rings is 1. The lowest BCUT2D eigenvalue weighted by molar-refractivity contribution is 0.629. The highest BCUT2D eigenvalue weighted by atomic mass is 79.9. The van der Waals surface area contributed by atoms with Gasteiger partial charge >= 0.3 is 0 Å². The van der Waals surface area contributed by atoms with Gasteiger partial charge in [-0.3, -0.25) is 0 Å². The normalized spacial score (nSPS) is 10.7. The van der Waals surface area contributed by atoms with Crippen LogP contribution in [-0.2, 0) is 0 Å². The zero-order valence-corrected chi connectivity index (χ0v) is 9.60. The van der Waals surface area contributed by atoms with Crippen molar-refractivity contribution in [2.45, 2.75) is 6.92 Å². The Bertz CT molecular complexity index is 528. The first-order chi connectivity index (χ1) is 7.11. The fourth-order valence-corrected chi connectivity index (χ4v) is 2.00. The summed E-state index contributed by atoms with van der Waals surface area (Å²) in [5, 5.41) is 0.748. The number of aryl methyl sites for hydroxylation is 1. The van der Waals surface area contributed by atoms with Gasteiger partial charge in [-0.2, -0.15) is 0 Å². The first-order valence-electron chi connectivity index (χ1n) is 4.35. The maximum absolute atomic E-state index is 13.1. The van der Waals surface area contributed by atoms with Gasteiger partial charge in [0.1, 0.15) is 11.6 Å². The third kappa shape index (κ3) is 1.80. The van der Waals surface area contributed by atoms with E-state index in [-0.39, 0.29) is 5.82 Å². The lowest BCUT2D eigenvalue weighted by atomic mass is 10.1. The second kappa shape index (κ2) is 3.75. The van der Waals surface area contributed by atoms with Gasteiger partial charge in [-0.25, -0.2) is 15.2 Å². The number of pyridine rings is 1. The zero-order chi connectivity index (χ0) is 11.0. The number of hydrogen-bond donors (Lipinski definition) is 2. The number of aromatic nitrogens is 1. The second-order valence-electron chi connectivity index (χ2n) is 3.26. The van der Waals surface area contributed by atoms with Gasteiger partial charge in [-0.15, -0.1) is 0 Å². The maximum Gasteiger partial charge on any atom is 0.143 e. The van der Waals surface area contributed by atoms with Crippen molar-refractivity contribution in [1.82, 2.24) is 4.98 Å². The molecule has 2 aromatic rings. The number of anilines is 1. The largest absolute Gasteiger partial charge is 0.308 e. The van der Waals surface area contributed by atoms with E-state index in [0.717, 1.165) is 10.9 Å². The average molecular weight is 270 g/mol. The number of nitrogens with one attached hydrogen (secondary N) is 1. The molecule has 0 aliphatic heterocycles. The molecule has 2 rings (SSSR count). The number of nitrogens with two attached hydrogens (primary N) is 1. The summed E-state index contributed by atoms with van der Waals surface area (Å²) in [6.45, 7) is 1.86. The number of halogens is 2. The molecular formula is C10H9BrFN3. The molecule has 1 heterocycles. The minimum Gasteiger partial charge on any atom is -0.308 e. The van der Waals surface area contributed by atoms with Crippen molar-refractivity contribution in [2.75, 3.05) is 5.43 Å². The Balaban J connectivity index is 2.81. The maximum atomic E-state index is 13.1. The van der Waals surface area contributed by atoms with E-state index in [9.17, 15) is 4.39 Å². The molecule has 5 heteroatoms. The molecule has 0 atom stereocenters. The molecule has 0 saturated carbocycles. The van der Waals surface area contributed by atoms with Crippen LogP contribution in [0.4, 0.5) is 10.2 Å². The quantitative estimate of drug-likeness (QED) is 0.618. The van der Waals surface area contributed by atoms with Gasteiger partial charge in [-0.1, -0.05) is 0 Å². The standard InChI is InChI=1S/C10H9BrFN3/c1-5-2-6-3-7(12)4-8(11)9(6)14-10(5)15-13/h2-4H,13H2,1H3,(H,14,15). The predicted molar refractivity (Wildman–Crippen MR) is 61.9 cm³/mol. The molecule has 0 amide bonds. The first kappa shape index (κ1) is 10.3.